The highest BCUT2D eigenvalue weighted by Crippen LogP contribution is 2.31. The molecule has 0 saturated carbocycles. The zero-order valence-electron chi connectivity index (χ0n) is 16.4. The Balaban J connectivity index is 1.56. The van der Waals surface area contributed by atoms with Gasteiger partial charge in [-0.15, -0.1) is 0 Å². The normalized spacial score (nSPS) is 11.1. The van der Waals surface area contributed by atoms with E-state index in [-0.39, 0.29) is 5.91 Å². The van der Waals surface area contributed by atoms with E-state index in [1.54, 1.807) is 35.1 Å². The molecule has 0 fully saturated rings. The second-order valence-corrected chi connectivity index (χ2v) is 6.95. The SMILES string of the molecule is CC(=O)Nc1ccc(Oc2nc(-c3ccc4[nH]ccc4c3)nc3c2cnn3C)cc1. The van der Waals surface area contributed by atoms with E-state index >= 15 is 0 Å². The molecule has 148 valence electrons. The van der Waals surface area contributed by atoms with Gasteiger partial charge in [0.05, 0.1) is 6.20 Å². The molecule has 30 heavy (non-hydrogen) atoms. The Kier molecular flexibility index (Phi) is 4.17. The maximum absolute atomic E-state index is 11.2. The van der Waals surface area contributed by atoms with Crippen molar-refractivity contribution in [1.29, 1.82) is 0 Å². The van der Waals surface area contributed by atoms with Gasteiger partial charge in [0.25, 0.3) is 0 Å². The number of fused-ring (bicyclic) bond motifs is 2. The van der Waals surface area contributed by atoms with E-state index in [0.717, 1.165) is 21.9 Å². The molecule has 0 radical (unpaired) electrons. The number of carbonyl (C=O) groups excluding carboxylic acids is 1. The molecule has 0 unspecified atom stereocenters. The fraction of sp³-hybridized carbons (Fsp3) is 0.0909. The molecule has 5 rings (SSSR count). The van der Waals surface area contributed by atoms with Gasteiger partial charge in [-0.1, -0.05) is 0 Å². The predicted molar refractivity (Wildman–Crippen MR) is 114 cm³/mol. The van der Waals surface area contributed by atoms with Crippen molar-refractivity contribution in [1.82, 2.24) is 24.7 Å². The van der Waals surface area contributed by atoms with Crippen molar-refractivity contribution < 1.29 is 9.53 Å². The third-order valence-electron chi connectivity index (χ3n) is 4.76. The number of carbonyl (C=O) groups is 1. The van der Waals surface area contributed by atoms with Crippen molar-refractivity contribution in [3.63, 3.8) is 0 Å². The number of aryl methyl sites for hydroxylation is 1. The van der Waals surface area contributed by atoms with Crippen LogP contribution in [0.1, 0.15) is 6.92 Å². The van der Waals surface area contributed by atoms with E-state index in [1.807, 2.05) is 37.5 Å². The zero-order chi connectivity index (χ0) is 20.7. The summed E-state index contributed by atoms with van der Waals surface area (Å²) in [5.74, 6) is 1.45. The van der Waals surface area contributed by atoms with E-state index in [1.165, 1.54) is 6.92 Å². The molecule has 2 N–H and O–H groups in total. The average molecular weight is 398 g/mol. The van der Waals surface area contributed by atoms with Gasteiger partial charge in [0, 0.05) is 42.3 Å². The first-order valence-electron chi connectivity index (χ1n) is 9.39. The topological polar surface area (TPSA) is 97.7 Å². The van der Waals surface area contributed by atoms with Crippen LogP contribution in [0.3, 0.4) is 0 Å². The summed E-state index contributed by atoms with van der Waals surface area (Å²) >= 11 is 0. The van der Waals surface area contributed by atoms with E-state index in [4.69, 9.17) is 9.72 Å². The first-order chi connectivity index (χ1) is 14.6. The molecular formula is C22H18N6O2. The standard InChI is InChI=1S/C22H18N6O2/c1-13(29)25-16-4-6-17(7-5-16)30-22-18-12-24-28(2)21(18)26-20(27-22)15-3-8-19-14(11-15)9-10-23-19/h3-12,23H,1-2H3,(H,25,29). The van der Waals surface area contributed by atoms with Crippen molar-refractivity contribution in [2.75, 3.05) is 5.32 Å². The fourth-order valence-electron chi connectivity index (χ4n) is 3.32. The molecule has 0 saturated heterocycles. The Bertz CT molecular complexity index is 1380. The second kappa shape index (κ2) is 7.00. The van der Waals surface area contributed by atoms with E-state index in [9.17, 15) is 4.79 Å². The van der Waals surface area contributed by atoms with Crippen molar-refractivity contribution in [3.8, 4) is 23.0 Å². The highest BCUT2D eigenvalue weighted by atomic mass is 16.5. The number of nitrogens with zero attached hydrogens (tertiary/aromatic N) is 4. The number of amides is 1. The Morgan fingerprint density at radius 1 is 1.10 bits per heavy atom. The molecule has 1 amide bonds. The number of hydrogen-bond acceptors (Lipinski definition) is 5. The average Bonchev–Trinajstić information content (AvgIpc) is 3.35. The fourth-order valence-corrected chi connectivity index (χ4v) is 3.32. The lowest BCUT2D eigenvalue weighted by molar-refractivity contribution is -0.114. The lowest BCUT2D eigenvalue weighted by Gasteiger charge is -2.09. The van der Waals surface area contributed by atoms with Crippen LogP contribution >= 0.6 is 0 Å². The molecule has 8 heteroatoms. The summed E-state index contributed by atoms with van der Waals surface area (Å²) in [4.78, 5) is 23.8. The molecule has 0 bridgehead atoms. The summed E-state index contributed by atoms with van der Waals surface area (Å²) < 4.78 is 7.77. The van der Waals surface area contributed by atoms with Gasteiger partial charge < -0.3 is 15.0 Å². The van der Waals surface area contributed by atoms with Crippen LogP contribution in [-0.4, -0.2) is 30.6 Å². The molecule has 8 nitrogen and oxygen atoms in total. The lowest BCUT2D eigenvalue weighted by Crippen LogP contribution is -2.05. The van der Waals surface area contributed by atoms with E-state index in [2.05, 4.69) is 20.4 Å². The molecule has 0 aliphatic carbocycles. The third-order valence-corrected chi connectivity index (χ3v) is 4.76. The van der Waals surface area contributed by atoms with Crippen molar-refractivity contribution in [2.45, 2.75) is 6.92 Å². The molecule has 3 heterocycles. The van der Waals surface area contributed by atoms with Gasteiger partial charge in [0.1, 0.15) is 11.1 Å². The quantitative estimate of drug-likeness (QED) is 0.471. The van der Waals surface area contributed by atoms with Gasteiger partial charge >= 0.3 is 0 Å². The maximum atomic E-state index is 11.2. The van der Waals surface area contributed by atoms with Crippen molar-refractivity contribution in [3.05, 3.63) is 60.9 Å². The van der Waals surface area contributed by atoms with Gasteiger partial charge in [0.15, 0.2) is 11.5 Å². The Hall–Kier alpha value is -4.20. The number of anilines is 1. The van der Waals surface area contributed by atoms with Gasteiger partial charge in [0.2, 0.25) is 11.8 Å². The highest BCUT2D eigenvalue weighted by molar-refractivity contribution is 5.89. The highest BCUT2D eigenvalue weighted by Gasteiger charge is 2.15. The Morgan fingerprint density at radius 2 is 1.93 bits per heavy atom. The van der Waals surface area contributed by atoms with Crippen LogP contribution in [0, 0.1) is 0 Å². The van der Waals surface area contributed by atoms with Crippen molar-refractivity contribution in [2.24, 2.45) is 7.05 Å². The summed E-state index contributed by atoms with van der Waals surface area (Å²) in [6.45, 7) is 1.47. The first-order valence-corrected chi connectivity index (χ1v) is 9.39. The Morgan fingerprint density at radius 3 is 2.73 bits per heavy atom. The van der Waals surface area contributed by atoms with Gasteiger partial charge in [-0.2, -0.15) is 10.1 Å². The summed E-state index contributed by atoms with van der Waals surface area (Å²) in [5.41, 5.74) is 3.32. The first kappa shape index (κ1) is 17.9. The number of rotatable bonds is 4. The van der Waals surface area contributed by atoms with E-state index in [0.29, 0.717) is 28.8 Å². The second-order valence-electron chi connectivity index (χ2n) is 6.95. The number of nitrogens with one attached hydrogen (secondary N) is 2. The maximum Gasteiger partial charge on any atom is 0.234 e. The van der Waals surface area contributed by atoms with Crippen LogP contribution in [-0.2, 0) is 11.8 Å². The largest absolute Gasteiger partial charge is 0.438 e. The monoisotopic (exact) mass is 398 g/mol. The molecular weight excluding hydrogens is 380 g/mol. The van der Waals surface area contributed by atoms with E-state index < -0.39 is 0 Å². The van der Waals surface area contributed by atoms with Crippen LogP contribution < -0.4 is 10.1 Å². The molecule has 0 atom stereocenters. The molecule has 0 aliphatic rings. The van der Waals surface area contributed by atoms with Gasteiger partial charge in [-0.05, 0) is 48.5 Å². The minimum atomic E-state index is -0.124. The van der Waals surface area contributed by atoms with Crippen molar-refractivity contribution >= 4 is 33.5 Å². The zero-order valence-corrected chi connectivity index (χ0v) is 16.4. The number of aromatic amines is 1. The smallest absolute Gasteiger partial charge is 0.234 e. The number of H-pyrrole nitrogens is 1. The number of hydrogen-bond donors (Lipinski definition) is 2. The Labute approximate surface area is 171 Å². The number of aromatic nitrogens is 5. The molecule has 5 aromatic rings. The minimum Gasteiger partial charge on any atom is -0.438 e. The molecule has 0 spiro atoms. The van der Waals surface area contributed by atoms with Gasteiger partial charge in [-0.3, -0.25) is 9.48 Å². The number of benzene rings is 2. The van der Waals surface area contributed by atoms with Crippen LogP contribution in [0.25, 0.3) is 33.3 Å². The minimum absolute atomic E-state index is 0.124. The summed E-state index contributed by atoms with van der Waals surface area (Å²) in [7, 11) is 1.83. The van der Waals surface area contributed by atoms with Crippen LogP contribution in [0.5, 0.6) is 11.6 Å². The third kappa shape index (κ3) is 3.24. The van der Waals surface area contributed by atoms with Gasteiger partial charge in [-0.25, -0.2) is 4.98 Å². The van der Waals surface area contributed by atoms with Crippen LogP contribution in [0.15, 0.2) is 60.9 Å². The van der Waals surface area contributed by atoms with Crippen LogP contribution in [0.4, 0.5) is 5.69 Å². The summed E-state index contributed by atoms with van der Waals surface area (Å²) in [6, 6.07) is 15.1. The summed E-state index contributed by atoms with van der Waals surface area (Å²) in [5, 5.41) is 8.84. The molecule has 2 aromatic carbocycles. The number of ether oxygens (including phenoxy) is 1. The van der Waals surface area contributed by atoms with Crippen LogP contribution in [0.2, 0.25) is 0 Å². The predicted octanol–water partition coefficient (Wildman–Crippen LogP) is 4.26. The molecule has 0 aliphatic heterocycles. The lowest BCUT2D eigenvalue weighted by atomic mass is 10.1. The molecule has 3 aromatic heterocycles. The summed E-state index contributed by atoms with van der Waals surface area (Å²) in [6.07, 6.45) is 3.59.